The third-order valence-corrected chi connectivity index (χ3v) is 4.55. The summed E-state index contributed by atoms with van der Waals surface area (Å²) in [7, 11) is 2.18. The van der Waals surface area contributed by atoms with E-state index in [0.29, 0.717) is 0 Å². The lowest BCUT2D eigenvalue weighted by molar-refractivity contribution is 0.313. The maximum atomic E-state index is 4.54. The molecule has 1 N–H and O–H groups in total. The number of aryl methyl sites for hydroxylation is 1. The molecule has 0 saturated carbocycles. The molecule has 3 aromatic rings. The summed E-state index contributed by atoms with van der Waals surface area (Å²) in [6, 6.07) is 10.6. The molecule has 6 nitrogen and oxygen atoms in total. The molecule has 6 heteroatoms. The summed E-state index contributed by atoms with van der Waals surface area (Å²) in [5, 5.41) is 7.92. The number of aromatic nitrogens is 3. The number of fused-ring (bicyclic) bond motifs is 1. The summed E-state index contributed by atoms with van der Waals surface area (Å²) < 4.78 is 1.80. The molecule has 0 radical (unpaired) electrons. The molecule has 1 saturated heterocycles. The number of nitrogens with one attached hydrogen (secondary N) is 1. The molecule has 4 rings (SSSR count). The SMILES string of the molecule is Cc1cc(Nc2ccc(N3CCN(C)CC3)cc2)nn2ccnc12. The highest BCUT2D eigenvalue weighted by Gasteiger charge is 2.14. The molecule has 124 valence electrons. The van der Waals surface area contributed by atoms with Gasteiger partial charge in [-0.15, -0.1) is 5.10 Å². The minimum Gasteiger partial charge on any atom is -0.369 e. The van der Waals surface area contributed by atoms with Gasteiger partial charge < -0.3 is 15.1 Å². The molecular formula is C18H22N6. The molecule has 1 aliphatic rings. The standard InChI is InChI=1S/C18H22N6/c1-14-13-17(21-24-8-7-19-18(14)24)20-15-3-5-16(6-4-15)23-11-9-22(2)10-12-23/h3-8,13H,9-12H2,1-2H3,(H,20,21). The minimum absolute atomic E-state index is 0.824. The average molecular weight is 322 g/mol. The van der Waals surface area contributed by atoms with Crippen molar-refractivity contribution < 1.29 is 0 Å². The van der Waals surface area contributed by atoms with Crippen molar-refractivity contribution in [3.05, 3.63) is 48.3 Å². The van der Waals surface area contributed by atoms with Gasteiger partial charge in [-0.25, -0.2) is 9.50 Å². The van der Waals surface area contributed by atoms with Crippen LogP contribution in [0, 0.1) is 6.92 Å². The Balaban J connectivity index is 1.50. The van der Waals surface area contributed by atoms with E-state index in [1.165, 1.54) is 5.69 Å². The highest BCUT2D eigenvalue weighted by Crippen LogP contribution is 2.22. The molecule has 0 unspecified atom stereocenters. The molecule has 1 fully saturated rings. The lowest BCUT2D eigenvalue weighted by atomic mass is 10.2. The van der Waals surface area contributed by atoms with Crippen LogP contribution in [-0.4, -0.2) is 52.7 Å². The smallest absolute Gasteiger partial charge is 0.156 e. The van der Waals surface area contributed by atoms with E-state index >= 15 is 0 Å². The van der Waals surface area contributed by atoms with Crippen molar-refractivity contribution in [1.29, 1.82) is 0 Å². The van der Waals surface area contributed by atoms with Gasteiger partial charge in [-0.3, -0.25) is 0 Å². The van der Waals surface area contributed by atoms with E-state index in [1.807, 2.05) is 19.2 Å². The molecule has 0 atom stereocenters. The Bertz CT molecular complexity index is 830. The van der Waals surface area contributed by atoms with Crippen LogP contribution in [0.4, 0.5) is 17.2 Å². The maximum absolute atomic E-state index is 4.54. The predicted octanol–water partition coefficient (Wildman–Crippen LogP) is 2.53. The Morgan fingerprint density at radius 3 is 2.54 bits per heavy atom. The summed E-state index contributed by atoms with van der Waals surface area (Å²) in [4.78, 5) is 9.10. The molecule has 1 aliphatic heterocycles. The largest absolute Gasteiger partial charge is 0.369 e. The second-order valence-electron chi connectivity index (χ2n) is 6.37. The van der Waals surface area contributed by atoms with Gasteiger partial charge in [0.25, 0.3) is 0 Å². The van der Waals surface area contributed by atoms with E-state index < -0.39 is 0 Å². The molecule has 24 heavy (non-hydrogen) atoms. The average Bonchev–Trinajstić information content (AvgIpc) is 3.05. The quantitative estimate of drug-likeness (QED) is 0.803. The Morgan fingerprint density at radius 2 is 1.79 bits per heavy atom. The van der Waals surface area contributed by atoms with Crippen LogP contribution in [-0.2, 0) is 0 Å². The Hall–Kier alpha value is -2.60. The zero-order valence-electron chi connectivity index (χ0n) is 14.1. The Kier molecular flexibility index (Phi) is 3.82. The first-order valence-electron chi connectivity index (χ1n) is 8.31. The van der Waals surface area contributed by atoms with Crippen molar-refractivity contribution in [2.24, 2.45) is 0 Å². The fourth-order valence-corrected chi connectivity index (χ4v) is 3.10. The number of piperazine rings is 1. The van der Waals surface area contributed by atoms with Crippen LogP contribution in [0.25, 0.3) is 5.65 Å². The monoisotopic (exact) mass is 322 g/mol. The Morgan fingerprint density at radius 1 is 1.04 bits per heavy atom. The van der Waals surface area contributed by atoms with Crippen molar-refractivity contribution in [2.75, 3.05) is 43.4 Å². The molecule has 3 heterocycles. The lowest BCUT2D eigenvalue weighted by Crippen LogP contribution is -2.44. The second-order valence-corrected chi connectivity index (χ2v) is 6.37. The third kappa shape index (κ3) is 2.92. The number of hydrogen-bond donors (Lipinski definition) is 1. The number of hydrogen-bond acceptors (Lipinski definition) is 5. The van der Waals surface area contributed by atoms with Gasteiger partial charge in [0.2, 0.25) is 0 Å². The van der Waals surface area contributed by atoms with Gasteiger partial charge in [0.05, 0.1) is 0 Å². The summed E-state index contributed by atoms with van der Waals surface area (Å²) in [5.74, 6) is 0.824. The predicted molar refractivity (Wildman–Crippen MR) is 97.2 cm³/mol. The fourth-order valence-electron chi connectivity index (χ4n) is 3.10. The molecule has 0 spiro atoms. The van der Waals surface area contributed by atoms with E-state index in [1.54, 1.807) is 10.7 Å². The zero-order valence-corrected chi connectivity index (χ0v) is 14.1. The van der Waals surface area contributed by atoms with Crippen molar-refractivity contribution in [2.45, 2.75) is 6.92 Å². The highest BCUT2D eigenvalue weighted by atomic mass is 15.3. The molecule has 0 bridgehead atoms. The van der Waals surface area contributed by atoms with E-state index in [0.717, 1.165) is 48.9 Å². The van der Waals surface area contributed by atoms with Crippen LogP contribution in [0.5, 0.6) is 0 Å². The van der Waals surface area contributed by atoms with Crippen molar-refractivity contribution in [3.63, 3.8) is 0 Å². The third-order valence-electron chi connectivity index (χ3n) is 4.55. The second kappa shape index (κ2) is 6.13. The highest BCUT2D eigenvalue weighted by molar-refractivity contribution is 5.62. The number of likely N-dealkylation sites (N-methyl/N-ethyl adjacent to an activating group) is 1. The molecule has 0 amide bonds. The van der Waals surface area contributed by atoms with Gasteiger partial charge in [-0.1, -0.05) is 0 Å². The van der Waals surface area contributed by atoms with Gasteiger partial charge in [-0.2, -0.15) is 0 Å². The van der Waals surface area contributed by atoms with Gasteiger partial charge in [-0.05, 0) is 49.9 Å². The van der Waals surface area contributed by atoms with E-state index in [2.05, 4.69) is 56.5 Å². The maximum Gasteiger partial charge on any atom is 0.156 e. The molecule has 1 aromatic carbocycles. The van der Waals surface area contributed by atoms with Crippen LogP contribution in [0.3, 0.4) is 0 Å². The van der Waals surface area contributed by atoms with Crippen molar-refractivity contribution >= 4 is 22.8 Å². The van der Waals surface area contributed by atoms with E-state index in [9.17, 15) is 0 Å². The first-order chi connectivity index (χ1) is 11.7. The molecule has 0 aliphatic carbocycles. The van der Waals surface area contributed by atoms with Crippen molar-refractivity contribution in [3.8, 4) is 0 Å². The molecule has 2 aromatic heterocycles. The number of rotatable bonds is 3. The summed E-state index contributed by atoms with van der Waals surface area (Å²) in [6.45, 7) is 6.45. The first-order valence-corrected chi connectivity index (χ1v) is 8.31. The summed E-state index contributed by atoms with van der Waals surface area (Å²) in [6.07, 6.45) is 3.63. The topological polar surface area (TPSA) is 48.7 Å². The van der Waals surface area contributed by atoms with Crippen LogP contribution < -0.4 is 10.2 Å². The van der Waals surface area contributed by atoms with Gasteiger partial charge in [0.15, 0.2) is 11.5 Å². The summed E-state index contributed by atoms with van der Waals surface area (Å²) >= 11 is 0. The van der Waals surface area contributed by atoms with Crippen LogP contribution in [0.1, 0.15) is 5.56 Å². The van der Waals surface area contributed by atoms with E-state index in [-0.39, 0.29) is 0 Å². The van der Waals surface area contributed by atoms with Gasteiger partial charge in [0.1, 0.15) is 0 Å². The van der Waals surface area contributed by atoms with Crippen molar-refractivity contribution in [1.82, 2.24) is 19.5 Å². The fraction of sp³-hybridized carbons (Fsp3) is 0.333. The minimum atomic E-state index is 0.824. The lowest BCUT2D eigenvalue weighted by Gasteiger charge is -2.34. The Labute approximate surface area is 141 Å². The normalized spacial score (nSPS) is 15.8. The number of imidazole rings is 1. The van der Waals surface area contributed by atoms with Crippen LogP contribution >= 0.6 is 0 Å². The van der Waals surface area contributed by atoms with Crippen LogP contribution in [0.15, 0.2) is 42.7 Å². The van der Waals surface area contributed by atoms with Crippen LogP contribution in [0.2, 0.25) is 0 Å². The number of benzene rings is 1. The first kappa shape index (κ1) is 15.0. The van der Waals surface area contributed by atoms with Gasteiger partial charge >= 0.3 is 0 Å². The van der Waals surface area contributed by atoms with Gasteiger partial charge in [0, 0.05) is 49.9 Å². The molecular weight excluding hydrogens is 300 g/mol. The summed E-state index contributed by atoms with van der Waals surface area (Å²) in [5.41, 5.74) is 4.32. The zero-order chi connectivity index (χ0) is 16.5. The number of anilines is 3. The number of nitrogens with zero attached hydrogens (tertiary/aromatic N) is 5. The van der Waals surface area contributed by atoms with E-state index in [4.69, 9.17) is 0 Å².